The molecule has 0 bridgehead atoms. The van der Waals surface area contributed by atoms with Gasteiger partial charge in [-0.1, -0.05) is 0 Å². The number of benzene rings is 2. The lowest BCUT2D eigenvalue weighted by atomic mass is 10.2. The number of rotatable bonds is 10. The van der Waals surface area contributed by atoms with E-state index in [1.807, 2.05) is 48.5 Å². The molecule has 0 fully saturated rings. The molecule has 2 rings (SSSR count). The first-order valence-corrected chi connectivity index (χ1v) is 10.3. The Balaban J connectivity index is 1.50. The Morgan fingerprint density at radius 1 is 0.655 bits per heavy atom. The standard InChI is InChI=1S/C21H28N4O2S2/c1-26-18-10-6-16(7-11-18)24-20(28)22-14-4-3-5-15-23-21(29)25-17-8-12-19(27-2)13-9-17/h6-13H,3-5,14-15H2,1-2H3,(H2,22,24,28)(H2,23,25,29). The van der Waals surface area contributed by atoms with Crippen LogP contribution in [0.1, 0.15) is 19.3 Å². The van der Waals surface area contributed by atoms with Gasteiger partial charge in [-0.05, 0) is 92.2 Å². The van der Waals surface area contributed by atoms with Crippen molar-refractivity contribution in [3.05, 3.63) is 48.5 Å². The molecule has 0 aliphatic rings. The molecule has 2 aromatic carbocycles. The molecule has 8 heteroatoms. The van der Waals surface area contributed by atoms with Gasteiger partial charge in [0.15, 0.2) is 10.2 Å². The maximum absolute atomic E-state index is 5.31. The Labute approximate surface area is 183 Å². The summed E-state index contributed by atoms with van der Waals surface area (Å²) in [5, 5.41) is 14.0. The van der Waals surface area contributed by atoms with E-state index in [1.165, 1.54) is 0 Å². The minimum atomic E-state index is 0.623. The highest BCUT2D eigenvalue weighted by Crippen LogP contribution is 2.15. The minimum Gasteiger partial charge on any atom is -0.497 e. The van der Waals surface area contributed by atoms with Gasteiger partial charge in [-0.25, -0.2) is 0 Å². The smallest absolute Gasteiger partial charge is 0.170 e. The molecule has 0 unspecified atom stereocenters. The summed E-state index contributed by atoms with van der Waals surface area (Å²) in [6, 6.07) is 15.3. The fourth-order valence-electron chi connectivity index (χ4n) is 2.53. The molecule has 156 valence electrons. The van der Waals surface area contributed by atoms with Gasteiger partial charge in [0, 0.05) is 24.5 Å². The topological polar surface area (TPSA) is 66.6 Å². The van der Waals surface area contributed by atoms with E-state index >= 15 is 0 Å². The number of anilines is 2. The van der Waals surface area contributed by atoms with Crippen LogP contribution in [-0.4, -0.2) is 37.5 Å². The summed E-state index contributed by atoms with van der Waals surface area (Å²) < 4.78 is 10.3. The molecule has 0 amide bonds. The maximum Gasteiger partial charge on any atom is 0.170 e. The zero-order chi connectivity index (χ0) is 20.9. The van der Waals surface area contributed by atoms with Crippen LogP contribution in [0.4, 0.5) is 11.4 Å². The Hall–Kier alpha value is -2.58. The molecule has 6 nitrogen and oxygen atoms in total. The summed E-state index contributed by atoms with van der Waals surface area (Å²) in [6.45, 7) is 1.66. The molecule has 0 aliphatic heterocycles. The van der Waals surface area contributed by atoms with Gasteiger partial charge in [0.2, 0.25) is 0 Å². The van der Waals surface area contributed by atoms with Crippen molar-refractivity contribution >= 4 is 46.0 Å². The van der Waals surface area contributed by atoms with Crippen molar-refractivity contribution in [1.29, 1.82) is 0 Å². The highest BCUT2D eigenvalue weighted by Gasteiger charge is 2.00. The second-order valence-electron chi connectivity index (χ2n) is 6.28. The molecule has 0 spiro atoms. The molecule has 0 atom stereocenters. The summed E-state index contributed by atoms with van der Waals surface area (Å²) in [4.78, 5) is 0. The van der Waals surface area contributed by atoms with Crippen molar-refractivity contribution in [2.24, 2.45) is 0 Å². The maximum atomic E-state index is 5.31. The van der Waals surface area contributed by atoms with Crippen molar-refractivity contribution in [2.75, 3.05) is 37.9 Å². The van der Waals surface area contributed by atoms with E-state index in [2.05, 4.69) is 21.3 Å². The molecule has 4 N–H and O–H groups in total. The van der Waals surface area contributed by atoms with E-state index in [4.69, 9.17) is 33.9 Å². The van der Waals surface area contributed by atoms with Crippen LogP contribution in [0.5, 0.6) is 11.5 Å². The predicted octanol–water partition coefficient (Wildman–Crippen LogP) is 4.15. The molecule has 2 aromatic rings. The van der Waals surface area contributed by atoms with Gasteiger partial charge in [-0.2, -0.15) is 0 Å². The number of hydrogen-bond donors (Lipinski definition) is 4. The third-order valence-electron chi connectivity index (χ3n) is 4.12. The highest BCUT2D eigenvalue weighted by molar-refractivity contribution is 7.80. The fourth-order valence-corrected chi connectivity index (χ4v) is 2.97. The zero-order valence-corrected chi connectivity index (χ0v) is 18.4. The Kier molecular flexibility index (Phi) is 10.0. The van der Waals surface area contributed by atoms with Crippen LogP contribution in [0.15, 0.2) is 48.5 Å². The second-order valence-corrected chi connectivity index (χ2v) is 7.10. The van der Waals surface area contributed by atoms with Crippen LogP contribution in [0.3, 0.4) is 0 Å². The first-order chi connectivity index (χ1) is 14.1. The van der Waals surface area contributed by atoms with Crippen LogP contribution in [-0.2, 0) is 0 Å². The highest BCUT2D eigenvalue weighted by atomic mass is 32.1. The molecule has 0 radical (unpaired) electrons. The number of methoxy groups -OCH3 is 2. The summed E-state index contributed by atoms with van der Waals surface area (Å²) >= 11 is 10.6. The average Bonchev–Trinajstić information content (AvgIpc) is 2.74. The quantitative estimate of drug-likeness (QED) is 0.330. The molecule has 0 aromatic heterocycles. The first-order valence-electron chi connectivity index (χ1n) is 9.48. The third kappa shape index (κ3) is 8.97. The summed E-state index contributed by atoms with van der Waals surface area (Å²) in [6.07, 6.45) is 3.14. The van der Waals surface area contributed by atoms with Gasteiger partial charge < -0.3 is 30.7 Å². The average molecular weight is 433 g/mol. The Morgan fingerprint density at radius 3 is 1.38 bits per heavy atom. The van der Waals surface area contributed by atoms with Crippen molar-refractivity contribution in [3.8, 4) is 11.5 Å². The van der Waals surface area contributed by atoms with E-state index in [1.54, 1.807) is 14.2 Å². The molecule has 0 heterocycles. The summed E-state index contributed by atoms with van der Waals surface area (Å²) in [5.74, 6) is 1.64. The van der Waals surface area contributed by atoms with Crippen LogP contribution >= 0.6 is 24.4 Å². The van der Waals surface area contributed by atoms with Crippen LogP contribution in [0.25, 0.3) is 0 Å². The molecular formula is C21H28N4O2S2. The van der Waals surface area contributed by atoms with Gasteiger partial charge in [-0.15, -0.1) is 0 Å². The van der Waals surface area contributed by atoms with E-state index in [0.29, 0.717) is 10.2 Å². The normalized spacial score (nSPS) is 10.0. The number of unbranched alkanes of at least 4 members (excludes halogenated alkanes) is 2. The third-order valence-corrected chi connectivity index (χ3v) is 4.61. The lowest BCUT2D eigenvalue weighted by molar-refractivity contribution is 0.415. The first kappa shape index (κ1) is 22.7. The van der Waals surface area contributed by atoms with Crippen LogP contribution < -0.4 is 30.7 Å². The van der Waals surface area contributed by atoms with Crippen molar-refractivity contribution in [1.82, 2.24) is 10.6 Å². The Morgan fingerprint density at radius 2 is 1.03 bits per heavy atom. The lowest BCUT2D eigenvalue weighted by Gasteiger charge is -2.12. The largest absolute Gasteiger partial charge is 0.497 e. The van der Waals surface area contributed by atoms with Crippen LogP contribution in [0, 0.1) is 0 Å². The fraction of sp³-hybridized carbons (Fsp3) is 0.333. The minimum absolute atomic E-state index is 0.623. The molecule has 0 saturated carbocycles. The van der Waals surface area contributed by atoms with Crippen LogP contribution in [0.2, 0.25) is 0 Å². The van der Waals surface area contributed by atoms with Gasteiger partial charge in [0.05, 0.1) is 14.2 Å². The zero-order valence-electron chi connectivity index (χ0n) is 16.8. The van der Waals surface area contributed by atoms with E-state index in [0.717, 1.165) is 55.2 Å². The number of nitrogens with one attached hydrogen (secondary N) is 4. The van der Waals surface area contributed by atoms with Gasteiger partial charge in [0.25, 0.3) is 0 Å². The van der Waals surface area contributed by atoms with Crippen molar-refractivity contribution in [2.45, 2.75) is 19.3 Å². The second kappa shape index (κ2) is 12.8. The van der Waals surface area contributed by atoms with Gasteiger partial charge >= 0.3 is 0 Å². The Bertz CT molecular complexity index is 702. The summed E-state index contributed by atoms with van der Waals surface area (Å²) in [5.41, 5.74) is 1.87. The molecular weight excluding hydrogens is 404 g/mol. The van der Waals surface area contributed by atoms with Crippen molar-refractivity contribution < 1.29 is 9.47 Å². The van der Waals surface area contributed by atoms with E-state index in [-0.39, 0.29) is 0 Å². The lowest BCUT2D eigenvalue weighted by Crippen LogP contribution is -2.30. The monoisotopic (exact) mass is 432 g/mol. The number of hydrogen-bond acceptors (Lipinski definition) is 4. The molecule has 0 saturated heterocycles. The molecule has 0 aliphatic carbocycles. The molecule has 29 heavy (non-hydrogen) atoms. The van der Waals surface area contributed by atoms with Gasteiger partial charge in [0.1, 0.15) is 11.5 Å². The number of thiocarbonyl (C=S) groups is 2. The van der Waals surface area contributed by atoms with E-state index in [9.17, 15) is 0 Å². The predicted molar refractivity (Wildman–Crippen MR) is 128 cm³/mol. The summed E-state index contributed by atoms with van der Waals surface area (Å²) in [7, 11) is 3.30. The van der Waals surface area contributed by atoms with E-state index < -0.39 is 0 Å². The number of ether oxygens (including phenoxy) is 2. The SMILES string of the molecule is COc1ccc(NC(=S)NCCCCCNC(=S)Nc2ccc(OC)cc2)cc1. The van der Waals surface area contributed by atoms with Crippen molar-refractivity contribution in [3.63, 3.8) is 0 Å². The van der Waals surface area contributed by atoms with Gasteiger partial charge in [-0.3, -0.25) is 0 Å².